The Kier molecular flexibility index (Phi) is 7.42. The van der Waals surface area contributed by atoms with Crippen LogP contribution in [0.5, 0.6) is 0 Å². The highest BCUT2D eigenvalue weighted by atomic mass is 35.5. The molecular formula is C19H17Cl2N5O5S2. The van der Waals surface area contributed by atoms with Crippen molar-refractivity contribution in [1.29, 1.82) is 0 Å². The summed E-state index contributed by atoms with van der Waals surface area (Å²) in [6.07, 6.45) is 3.71. The number of halogens is 2. The van der Waals surface area contributed by atoms with Gasteiger partial charge in [0, 0.05) is 23.1 Å². The van der Waals surface area contributed by atoms with Crippen LogP contribution >= 0.6 is 23.2 Å². The maximum atomic E-state index is 12.5. The molecule has 0 spiro atoms. The van der Waals surface area contributed by atoms with Crippen molar-refractivity contribution in [3.63, 3.8) is 0 Å². The van der Waals surface area contributed by atoms with Crippen molar-refractivity contribution in [2.75, 3.05) is 27.1 Å². The zero-order chi connectivity index (χ0) is 24.2. The minimum absolute atomic E-state index is 0.0532. The summed E-state index contributed by atoms with van der Waals surface area (Å²) in [5.41, 5.74) is 0.304. The molecule has 3 aromatic rings. The molecule has 33 heavy (non-hydrogen) atoms. The van der Waals surface area contributed by atoms with E-state index in [1.165, 1.54) is 54.9 Å². The second-order valence-corrected chi connectivity index (χ2v) is 11.0. The minimum atomic E-state index is -3.94. The van der Waals surface area contributed by atoms with Gasteiger partial charge >= 0.3 is 0 Å². The van der Waals surface area contributed by atoms with E-state index >= 15 is 0 Å². The first kappa shape index (κ1) is 24.7. The molecule has 3 rings (SSSR count). The summed E-state index contributed by atoms with van der Waals surface area (Å²) in [7, 11) is -7.81. The molecule has 14 heteroatoms. The highest BCUT2D eigenvalue weighted by molar-refractivity contribution is 7.92. The van der Waals surface area contributed by atoms with Crippen LogP contribution in [0.25, 0.3) is 0 Å². The summed E-state index contributed by atoms with van der Waals surface area (Å²) >= 11 is 12.0. The molecule has 0 fully saturated rings. The number of aromatic nitrogens is 2. The van der Waals surface area contributed by atoms with E-state index in [9.17, 15) is 21.6 Å². The predicted octanol–water partition coefficient (Wildman–Crippen LogP) is 2.99. The van der Waals surface area contributed by atoms with Crippen molar-refractivity contribution in [3.05, 3.63) is 71.0 Å². The fourth-order valence-corrected chi connectivity index (χ4v) is 4.89. The molecule has 10 nitrogen and oxygen atoms in total. The van der Waals surface area contributed by atoms with E-state index in [2.05, 4.69) is 20.0 Å². The molecule has 0 saturated heterocycles. The fraction of sp³-hybridized carbons (Fsp3) is 0.105. The van der Waals surface area contributed by atoms with Gasteiger partial charge in [0.1, 0.15) is 6.54 Å². The van der Waals surface area contributed by atoms with Gasteiger partial charge in [-0.25, -0.2) is 31.5 Å². The van der Waals surface area contributed by atoms with Crippen molar-refractivity contribution in [1.82, 2.24) is 9.97 Å². The summed E-state index contributed by atoms with van der Waals surface area (Å²) in [5, 5.41) is 2.86. The van der Waals surface area contributed by atoms with Crippen molar-refractivity contribution in [2.24, 2.45) is 0 Å². The number of hydrogen-bond donors (Lipinski definition) is 2. The largest absolute Gasteiger partial charge is 0.325 e. The summed E-state index contributed by atoms with van der Waals surface area (Å²) in [6, 6.07) is 11.0. The highest BCUT2D eigenvalue weighted by Gasteiger charge is 2.23. The van der Waals surface area contributed by atoms with Crippen LogP contribution in [0.4, 0.5) is 17.3 Å². The number of nitrogens with one attached hydrogen (secondary N) is 2. The first-order valence-electron chi connectivity index (χ1n) is 9.08. The van der Waals surface area contributed by atoms with Gasteiger partial charge in [-0.15, -0.1) is 0 Å². The number of anilines is 3. The first-order valence-corrected chi connectivity index (χ1v) is 13.2. The van der Waals surface area contributed by atoms with Gasteiger partial charge in [0.05, 0.1) is 21.9 Å². The number of sulfonamides is 2. The SMILES string of the molecule is CS(=O)(=O)N(CC(=O)Nc1ccc(S(=O)(=O)Nc2ncccn2)cc1)c1cc(Cl)ccc1Cl. The minimum Gasteiger partial charge on any atom is -0.325 e. The molecule has 2 N–H and O–H groups in total. The van der Waals surface area contributed by atoms with Gasteiger partial charge in [0.25, 0.3) is 10.0 Å². The normalized spacial score (nSPS) is 11.6. The number of nitrogens with zero attached hydrogens (tertiary/aromatic N) is 3. The standard InChI is InChI=1S/C19H17Cl2N5O5S2/c1-32(28,29)26(17-11-13(20)3-8-16(17)21)12-18(27)24-14-4-6-15(7-5-14)33(30,31)25-19-22-9-2-10-23-19/h2-11H,12H2,1H3,(H,24,27)(H,22,23,25). The zero-order valence-corrected chi connectivity index (χ0v) is 20.1. The van der Waals surface area contributed by atoms with Crippen LogP contribution < -0.4 is 14.3 Å². The van der Waals surface area contributed by atoms with Crippen LogP contribution in [0.2, 0.25) is 10.0 Å². The van der Waals surface area contributed by atoms with E-state index in [-0.39, 0.29) is 32.3 Å². The molecule has 1 amide bonds. The molecule has 1 aromatic heterocycles. The molecule has 1 heterocycles. The topological polar surface area (TPSA) is 138 Å². The second kappa shape index (κ2) is 9.91. The van der Waals surface area contributed by atoms with Crippen molar-refractivity contribution >= 4 is 66.5 Å². The Balaban J connectivity index is 1.74. The number of amides is 1. The lowest BCUT2D eigenvalue weighted by Gasteiger charge is -2.23. The third kappa shape index (κ3) is 6.54. The van der Waals surface area contributed by atoms with E-state index in [0.717, 1.165) is 10.6 Å². The number of hydrogen-bond acceptors (Lipinski definition) is 7. The third-order valence-corrected chi connectivity index (χ3v) is 7.13. The number of benzene rings is 2. The van der Waals surface area contributed by atoms with E-state index in [4.69, 9.17) is 23.2 Å². The molecule has 0 bridgehead atoms. The predicted molar refractivity (Wildman–Crippen MR) is 127 cm³/mol. The number of carbonyl (C=O) groups is 1. The molecule has 0 radical (unpaired) electrons. The van der Waals surface area contributed by atoms with Crippen LogP contribution in [-0.2, 0) is 24.8 Å². The van der Waals surface area contributed by atoms with Gasteiger partial charge in [-0.05, 0) is 48.5 Å². The number of carbonyl (C=O) groups excluding carboxylic acids is 1. The Hall–Kier alpha value is -2.93. The van der Waals surface area contributed by atoms with Crippen LogP contribution in [0.3, 0.4) is 0 Å². The molecule has 2 aromatic carbocycles. The van der Waals surface area contributed by atoms with Gasteiger partial charge in [0.2, 0.25) is 21.9 Å². The molecule has 0 aliphatic rings. The molecule has 0 atom stereocenters. The van der Waals surface area contributed by atoms with Crippen molar-refractivity contribution in [3.8, 4) is 0 Å². The lowest BCUT2D eigenvalue weighted by atomic mass is 10.3. The molecular weight excluding hydrogens is 513 g/mol. The van der Waals surface area contributed by atoms with E-state index in [0.29, 0.717) is 0 Å². The molecule has 174 valence electrons. The Bertz CT molecular complexity index is 1370. The van der Waals surface area contributed by atoms with Crippen molar-refractivity contribution < 1.29 is 21.6 Å². The van der Waals surface area contributed by atoms with Gasteiger partial charge in [-0.1, -0.05) is 23.2 Å². The van der Waals surface area contributed by atoms with Crippen LogP contribution in [0.15, 0.2) is 65.8 Å². The summed E-state index contributed by atoms with van der Waals surface area (Å²) in [6.45, 7) is -0.578. The van der Waals surface area contributed by atoms with Gasteiger partial charge in [-0.2, -0.15) is 0 Å². The number of rotatable bonds is 8. The van der Waals surface area contributed by atoms with Gasteiger partial charge in [-0.3, -0.25) is 9.10 Å². The molecule has 0 aliphatic heterocycles. The Labute approximate surface area is 200 Å². The van der Waals surface area contributed by atoms with Gasteiger partial charge < -0.3 is 5.32 Å². The third-order valence-electron chi connectivity index (χ3n) is 4.10. The van der Waals surface area contributed by atoms with Crippen molar-refractivity contribution in [2.45, 2.75) is 4.90 Å². The maximum absolute atomic E-state index is 12.5. The molecule has 0 aliphatic carbocycles. The van der Waals surface area contributed by atoms with E-state index in [1.807, 2.05) is 0 Å². The monoisotopic (exact) mass is 529 g/mol. The van der Waals surface area contributed by atoms with Crippen LogP contribution in [0.1, 0.15) is 0 Å². The summed E-state index contributed by atoms with van der Waals surface area (Å²) in [5.74, 6) is -0.765. The second-order valence-electron chi connectivity index (χ2n) is 6.62. The smallest absolute Gasteiger partial charge is 0.264 e. The van der Waals surface area contributed by atoms with E-state index in [1.54, 1.807) is 6.07 Å². The summed E-state index contributed by atoms with van der Waals surface area (Å²) in [4.78, 5) is 20.0. The summed E-state index contributed by atoms with van der Waals surface area (Å²) < 4.78 is 52.4. The quantitative estimate of drug-likeness (QED) is 0.457. The van der Waals surface area contributed by atoms with Gasteiger partial charge in [0.15, 0.2) is 0 Å². The first-order chi connectivity index (χ1) is 15.5. The Morgan fingerprint density at radius 2 is 1.64 bits per heavy atom. The zero-order valence-electron chi connectivity index (χ0n) is 16.9. The van der Waals surface area contributed by atoms with Crippen LogP contribution in [-0.4, -0.2) is 45.5 Å². The average Bonchev–Trinajstić information content (AvgIpc) is 2.74. The Morgan fingerprint density at radius 1 is 1.00 bits per heavy atom. The maximum Gasteiger partial charge on any atom is 0.264 e. The highest BCUT2D eigenvalue weighted by Crippen LogP contribution is 2.30. The molecule has 0 saturated carbocycles. The fourth-order valence-electron chi connectivity index (χ4n) is 2.64. The molecule has 0 unspecified atom stereocenters. The lowest BCUT2D eigenvalue weighted by Crippen LogP contribution is -2.37. The van der Waals surface area contributed by atoms with Crippen LogP contribution in [0, 0.1) is 0 Å². The lowest BCUT2D eigenvalue weighted by molar-refractivity contribution is -0.114. The Morgan fingerprint density at radius 3 is 2.24 bits per heavy atom. The average molecular weight is 530 g/mol. The van der Waals surface area contributed by atoms with E-state index < -0.39 is 32.5 Å².